The molecular formula is C14H18IN3OS. The number of nitrogen functional groups attached to an aromatic ring is 1. The minimum atomic E-state index is -0.382. The highest BCUT2D eigenvalue weighted by Crippen LogP contribution is 2.44. The summed E-state index contributed by atoms with van der Waals surface area (Å²) in [5, 5.41) is 9.18. The van der Waals surface area contributed by atoms with Crippen LogP contribution in [0.15, 0.2) is 12.1 Å². The van der Waals surface area contributed by atoms with Crippen molar-refractivity contribution in [1.29, 1.82) is 5.26 Å². The van der Waals surface area contributed by atoms with Gasteiger partial charge in [0, 0.05) is 42.4 Å². The van der Waals surface area contributed by atoms with E-state index in [1.54, 1.807) is 9.12 Å². The number of hydrogen-bond acceptors (Lipinski definition) is 5. The lowest BCUT2D eigenvalue weighted by Crippen LogP contribution is -2.38. The number of anilines is 2. The number of ether oxygens (including phenoxy) is 1. The average molecular weight is 403 g/mol. The Labute approximate surface area is 136 Å². The van der Waals surface area contributed by atoms with Crippen LogP contribution in [-0.4, -0.2) is 12.6 Å². The van der Waals surface area contributed by atoms with Crippen LogP contribution in [0.4, 0.5) is 11.4 Å². The van der Waals surface area contributed by atoms with E-state index in [4.69, 9.17) is 10.5 Å². The van der Waals surface area contributed by atoms with E-state index in [1.807, 2.05) is 32.9 Å². The highest BCUT2D eigenvalue weighted by Gasteiger charge is 2.32. The molecule has 0 amide bonds. The lowest BCUT2D eigenvalue weighted by molar-refractivity contribution is 0.157. The first kappa shape index (κ1) is 15.6. The first-order chi connectivity index (χ1) is 9.38. The van der Waals surface area contributed by atoms with E-state index in [-0.39, 0.29) is 11.5 Å². The number of fused-ring (bicyclic) bond motifs is 1. The van der Waals surface area contributed by atoms with Gasteiger partial charge in [-0.25, -0.2) is 0 Å². The average Bonchev–Trinajstić information content (AvgIpc) is 2.41. The van der Waals surface area contributed by atoms with Crippen LogP contribution >= 0.6 is 30.3 Å². The van der Waals surface area contributed by atoms with Gasteiger partial charge in [0.2, 0.25) is 0 Å². The van der Waals surface area contributed by atoms with Crippen molar-refractivity contribution in [3.63, 3.8) is 0 Å². The van der Waals surface area contributed by atoms with Crippen molar-refractivity contribution in [3.8, 4) is 11.8 Å². The molecule has 0 saturated heterocycles. The molecule has 4 nitrogen and oxygen atoms in total. The highest BCUT2D eigenvalue weighted by atomic mass is 127. The zero-order chi connectivity index (χ0) is 14.9. The van der Waals surface area contributed by atoms with Gasteiger partial charge >= 0.3 is 0 Å². The van der Waals surface area contributed by atoms with Gasteiger partial charge < -0.3 is 14.8 Å². The van der Waals surface area contributed by atoms with Crippen LogP contribution in [0.2, 0.25) is 0 Å². The summed E-state index contributed by atoms with van der Waals surface area (Å²) in [4.78, 5) is 0. The second-order valence-corrected chi connectivity index (χ2v) is 7.46. The molecule has 1 aliphatic heterocycles. The fraction of sp³-hybridized carbons (Fsp3) is 0.500. The van der Waals surface area contributed by atoms with E-state index < -0.39 is 0 Å². The Morgan fingerprint density at radius 1 is 1.60 bits per heavy atom. The predicted molar refractivity (Wildman–Crippen MR) is 93.0 cm³/mol. The monoisotopic (exact) mass is 403 g/mol. The fourth-order valence-corrected chi connectivity index (χ4v) is 3.96. The number of rotatable bonds is 3. The molecule has 0 fully saturated rings. The van der Waals surface area contributed by atoms with Gasteiger partial charge in [0.25, 0.3) is 0 Å². The lowest BCUT2D eigenvalue weighted by atomic mass is 9.88. The standard InChI is InChI=1S/C14H18IN3OS/c1-9-11(17)4-5-12-13(9)18(20-15)7-10(19-12)6-14(2,3)8-16/h4-5,10H,6-7,17H2,1-3H3. The summed E-state index contributed by atoms with van der Waals surface area (Å²) >= 11 is 2.27. The van der Waals surface area contributed by atoms with Crippen LogP contribution in [0.5, 0.6) is 5.75 Å². The molecular weight excluding hydrogens is 385 g/mol. The van der Waals surface area contributed by atoms with Crippen molar-refractivity contribution in [1.82, 2.24) is 0 Å². The van der Waals surface area contributed by atoms with E-state index in [1.165, 1.54) is 0 Å². The van der Waals surface area contributed by atoms with Crippen LogP contribution in [0.25, 0.3) is 0 Å². The molecule has 2 rings (SSSR count). The van der Waals surface area contributed by atoms with E-state index in [0.717, 1.165) is 29.2 Å². The summed E-state index contributed by atoms with van der Waals surface area (Å²) < 4.78 is 8.27. The van der Waals surface area contributed by atoms with Crippen molar-refractivity contribution in [2.75, 3.05) is 16.6 Å². The fourth-order valence-electron chi connectivity index (χ4n) is 2.37. The maximum absolute atomic E-state index is 9.18. The first-order valence-corrected chi connectivity index (χ1v) is 9.73. The smallest absolute Gasteiger partial charge is 0.144 e. The summed E-state index contributed by atoms with van der Waals surface area (Å²) in [5.41, 5.74) is 8.47. The molecule has 0 aliphatic carbocycles. The van der Waals surface area contributed by atoms with Crippen molar-refractivity contribution >= 4 is 41.7 Å². The molecule has 2 N–H and O–H groups in total. The van der Waals surface area contributed by atoms with Crippen LogP contribution in [0, 0.1) is 23.7 Å². The Morgan fingerprint density at radius 3 is 2.90 bits per heavy atom. The summed E-state index contributed by atoms with van der Waals surface area (Å²) in [6.45, 7) is 6.66. The third-order valence-corrected chi connectivity index (χ3v) is 5.40. The van der Waals surface area contributed by atoms with E-state index >= 15 is 0 Å². The SMILES string of the molecule is Cc1c(N)ccc2c1N(SI)CC(CC(C)(C)C#N)O2. The lowest BCUT2D eigenvalue weighted by Gasteiger charge is -2.37. The molecule has 6 heteroatoms. The maximum Gasteiger partial charge on any atom is 0.144 e. The van der Waals surface area contributed by atoms with Crippen LogP contribution < -0.4 is 14.8 Å². The molecule has 20 heavy (non-hydrogen) atoms. The predicted octanol–water partition coefficient (Wildman–Crippen LogP) is 4.08. The van der Waals surface area contributed by atoms with E-state index in [0.29, 0.717) is 6.42 Å². The summed E-state index contributed by atoms with van der Waals surface area (Å²) in [7, 11) is 1.63. The van der Waals surface area contributed by atoms with Crippen LogP contribution in [0.1, 0.15) is 25.8 Å². The zero-order valence-corrected chi connectivity index (χ0v) is 14.8. The van der Waals surface area contributed by atoms with Crippen LogP contribution in [-0.2, 0) is 0 Å². The third kappa shape index (κ3) is 3.09. The minimum Gasteiger partial charge on any atom is -0.486 e. The summed E-state index contributed by atoms with van der Waals surface area (Å²) in [6, 6.07) is 6.14. The second-order valence-electron chi connectivity index (χ2n) is 5.70. The molecule has 1 aromatic rings. The first-order valence-electron chi connectivity index (χ1n) is 6.41. The van der Waals surface area contributed by atoms with Gasteiger partial charge in [-0.3, -0.25) is 0 Å². The van der Waals surface area contributed by atoms with Crippen molar-refractivity contribution in [2.45, 2.75) is 33.3 Å². The van der Waals surface area contributed by atoms with Gasteiger partial charge in [0.1, 0.15) is 11.9 Å². The zero-order valence-electron chi connectivity index (χ0n) is 11.8. The Balaban J connectivity index is 2.31. The normalized spacial score (nSPS) is 18.1. The molecule has 0 radical (unpaired) electrons. The quantitative estimate of drug-likeness (QED) is 0.468. The van der Waals surface area contributed by atoms with Crippen molar-refractivity contribution < 1.29 is 4.74 Å². The summed E-state index contributed by atoms with van der Waals surface area (Å²) in [5.74, 6) is 0.853. The number of nitriles is 1. The van der Waals surface area contributed by atoms with Gasteiger partial charge in [0.15, 0.2) is 0 Å². The van der Waals surface area contributed by atoms with Crippen LogP contribution in [0.3, 0.4) is 0 Å². The van der Waals surface area contributed by atoms with E-state index in [9.17, 15) is 5.26 Å². The van der Waals surface area contributed by atoms with Gasteiger partial charge in [-0.15, -0.1) is 0 Å². The molecule has 0 saturated carbocycles. The second kappa shape index (κ2) is 5.90. The minimum absolute atomic E-state index is 0.0161. The third-order valence-electron chi connectivity index (χ3n) is 3.47. The van der Waals surface area contributed by atoms with Gasteiger partial charge in [0.05, 0.1) is 23.7 Å². The van der Waals surface area contributed by atoms with Gasteiger partial charge in [-0.05, 0) is 38.5 Å². The molecule has 0 spiro atoms. The Kier molecular flexibility index (Phi) is 4.59. The molecule has 108 valence electrons. The molecule has 0 aromatic heterocycles. The van der Waals surface area contributed by atoms with Gasteiger partial charge in [-0.2, -0.15) is 5.26 Å². The summed E-state index contributed by atoms with van der Waals surface area (Å²) in [6.07, 6.45) is 0.725. The van der Waals surface area contributed by atoms with E-state index in [2.05, 4.69) is 31.6 Å². The molecule has 1 aliphatic rings. The molecule has 1 unspecified atom stereocenters. The highest BCUT2D eigenvalue weighted by molar-refractivity contribution is 14.2. The molecule has 0 bridgehead atoms. The Hall–Kier alpha value is -0.810. The molecule has 1 atom stereocenters. The van der Waals surface area contributed by atoms with Crippen molar-refractivity contribution in [2.24, 2.45) is 5.41 Å². The number of nitrogens with zero attached hydrogens (tertiary/aromatic N) is 2. The largest absolute Gasteiger partial charge is 0.486 e. The number of halogens is 1. The Morgan fingerprint density at radius 2 is 2.30 bits per heavy atom. The number of benzene rings is 1. The van der Waals surface area contributed by atoms with Crippen molar-refractivity contribution in [3.05, 3.63) is 17.7 Å². The maximum atomic E-state index is 9.18. The topological polar surface area (TPSA) is 62.3 Å². The number of nitrogens with two attached hydrogens (primary N) is 1. The Bertz CT molecular complexity index is 556. The number of hydrogen-bond donors (Lipinski definition) is 1. The molecule has 1 heterocycles. The van der Waals surface area contributed by atoms with Gasteiger partial charge in [-0.1, -0.05) is 0 Å². The molecule has 1 aromatic carbocycles.